The van der Waals surface area contributed by atoms with Gasteiger partial charge in [0.1, 0.15) is 5.84 Å². The lowest BCUT2D eigenvalue weighted by Gasteiger charge is -2.29. The van der Waals surface area contributed by atoms with Gasteiger partial charge in [0, 0.05) is 5.56 Å². The molecule has 3 unspecified atom stereocenters. The molecule has 0 bridgehead atoms. The Morgan fingerprint density at radius 2 is 2.06 bits per heavy atom. The van der Waals surface area contributed by atoms with Crippen LogP contribution in [0.2, 0.25) is 0 Å². The molecule has 1 saturated carbocycles. The number of amidine groups is 1. The quantitative estimate of drug-likeness (QED) is 0.808. The Bertz CT molecular complexity index is 413. The van der Waals surface area contributed by atoms with Crippen molar-refractivity contribution in [2.75, 3.05) is 6.54 Å². The summed E-state index contributed by atoms with van der Waals surface area (Å²) in [5.41, 5.74) is 6.97. The summed E-state index contributed by atoms with van der Waals surface area (Å²) in [6.07, 6.45) is 3.57. The van der Waals surface area contributed by atoms with E-state index in [9.17, 15) is 0 Å². The molecule has 17 heavy (non-hydrogen) atoms. The highest BCUT2D eigenvalue weighted by Crippen LogP contribution is 2.29. The van der Waals surface area contributed by atoms with E-state index in [2.05, 4.69) is 29.6 Å². The van der Waals surface area contributed by atoms with E-state index < -0.39 is 0 Å². The second-order valence-corrected chi connectivity index (χ2v) is 5.08. The highest BCUT2D eigenvalue weighted by molar-refractivity contribution is 6.00. The average molecular weight is 229 g/mol. The number of nitrogens with zero attached hydrogens (tertiary/aromatic N) is 1. The van der Waals surface area contributed by atoms with E-state index in [1.807, 2.05) is 6.07 Å². The lowest BCUT2D eigenvalue weighted by atomic mass is 9.83. The standard InChI is InChI=1S/C14H19N3/c15-9-10-6-7-12-13(8-10)17-14(16-12)11-4-2-1-3-5-11/h1-5,10,12-13H,6-9,15H2,(H,16,17). The molecule has 3 rings (SSSR count). The van der Waals surface area contributed by atoms with Gasteiger partial charge in [-0.25, -0.2) is 0 Å². The number of benzene rings is 1. The molecule has 1 aromatic rings. The predicted molar refractivity (Wildman–Crippen MR) is 70.1 cm³/mol. The van der Waals surface area contributed by atoms with Gasteiger partial charge < -0.3 is 11.1 Å². The van der Waals surface area contributed by atoms with Crippen LogP contribution in [0.1, 0.15) is 24.8 Å². The Kier molecular flexibility index (Phi) is 2.85. The third-order valence-corrected chi connectivity index (χ3v) is 3.92. The van der Waals surface area contributed by atoms with Crippen molar-refractivity contribution in [1.29, 1.82) is 0 Å². The van der Waals surface area contributed by atoms with Crippen molar-refractivity contribution in [3.05, 3.63) is 35.9 Å². The van der Waals surface area contributed by atoms with Crippen molar-refractivity contribution >= 4 is 5.84 Å². The first-order valence-corrected chi connectivity index (χ1v) is 6.46. The van der Waals surface area contributed by atoms with Crippen LogP contribution in [-0.2, 0) is 0 Å². The zero-order chi connectivity index (χ0) is 11.7. The van der Waals surface area contributed by atoms with Crippen molar-refractivity contribution in [3.63, 3.8) is 0 Å². The number of hydrogen-bond acceptors (Lipinski definition) is 3. The van der Waals surface area contributed by atoms with Crippen LogP contribution in [-0.4, -0.2) is 24.5 Å². The third-order valence-electron chi connectivity index (χ3n) is 3.92. The zero-order valence-corrected chi connectivity index (χ0v) is 9.97. The van der Waals surface area contributed by atoms with Crippen LogP contribution < -0.4 is 11.1 Å². The van der Waals surface area contributed by atoms with Gasteiger partial charge in [0.2, 0.25) is 0 Å². The molecule has 1 fully saturated rings. The van der Waals surface area contributed by atoms with Crippen molar-refractivity contribution < 1.29 is 0 Å². The van der Waals surface area contributed by atoms with E-state index in [0.29, 0.717) is 18.0 Å². The third kappa shape index (κ3) is 2.07. The molecule has 1 heterocycles. The molecule has 3 atom stereocenters. The van der Waals surface area contributed by atoms with Gasteiger partial charge in [-0.2, -0.15) is 0 Å². The highest BCUT2D eigenvalue weighted by atomic mass is 15.1. The maximum Gasteiger partial charge on any atom is 0.128 e. The minimum Gasteiger partial charge on any atom is -0.365 e. The number of nitrogens with one attached hydrogen (secondary N) is 1. The van der Waals surface area contributed by atoms with Crippen molar-refractivity contribution in [2.24, 2.45) is 16.6 Å². The molecule has 90 valence electrons. The topological polar surface area (TPSA) is 50.4 Å². The number of aliphatic imine (C=N–C) groups is 1. The summed E-state index contributed by atoms with van der Waals surface area (Å²) in [5.74, 6) is 1.74. The van der Waals surface area contributed by atoms with Crippen LogP contribution in [0.5, 0.6) is 0 Å². The predicted octanol–water partition coefficient (Wildman–Crippen LogP) is 1.53. The van der Waals surface area contributed by atoms with Crippen LogP contribution in [0.4, 0.5) is 0 Å². The van der Waals surface area contributed by atoms with Crippen molar-refractivity contribution in [1.82, 2.24) is 5.32 Å². The molecule has 0 radical (unpaired) electrons. The largest absolute Gasteiger partial charge is 0.365 e. The molecule has 0 amide bonds. The first-order chi connectivity index (χ1) is 8.36. The minimum atomic E-state index is 0.466. The molecule has 1 aliphatic heterocycles. The molecule has 3 N–H and O–H groups in total. The average Bonchev–Trinajstić information content (AvgIpc) is 2.82. The summed E-state index contributed by atoms with van der Waals surface area (Å²) < 4.78 is 0. The summed E-state index contributed by atoms with van der Waals surface area (Å²) in [7, 11) is 0. The molecule has 2 aliphatic rings. The number of rotatable bonds is 2. The van der Waals surface area contributed by atoms with Gasteiger partial charge in [0.25, 0.3) is 0 Å². The van der Waals surface area contributed by atoms with Gasteiger partial charge in [-0.05, 0) is 31.7 Å². The first kappa shape index (κ1) is 10.8. The maximum atomic E-state index is 5.77. The Morgan fingerprint density at radius 1 is 1.24 bits per heavy atom. The van der Waals surface area contributed by atoms with E-state index in [1.165, 1.54) is 24.8 Å². The van der Waals surface area contributed by atoms with Gasteiger partial charge in [0.05, 0.1) is 12.1 Å². The summed E-state index contributed by atoms with van der Waals surface area (Å²) in [6, 6.07) is 11.4. The van der Waals surface area contributed by atoms with Crippen molar-refractivity contribution in [2.45, 2.75) is 31.3 Å². The van der Waals surface area contributed by atoms with Gasteiger partial charge in [-0.3, -0.25) is 4.99 Å². The van der Waals surface area contributed by atoms with E-state index in [1.54, 1.807) is 0 Å². The van der Waals surface area contributed by atoms with E-state index >= 15 is 0 Å². The van der Waals surface area contributed by atoms with Gasteiger partial charge in [-0.15, -0.1) is 0 Å². The fourth-order valence-electron chi connectivity index (χ4n) is 2.90. The second kappa shape index (κ2) is 4.49. The molecular weight excluding hydrogens is 210 g/mol. The molecule has 3 heteroatoms. The monoisotopic (exact) mass is 229 g/mol. The number of nitrogens with two attached hydrogens (primary N) is 1. The molecule has 0 spiro atoms. The normalized spacial score (nSPS) is 31.6. The first-order valence-electron chi connectivity index (χ1n) is 6.46. The summed E-state index contributed by atoms with van der Waals surface area (Å²) in [6.45, 7) is 0.811. The molecule has 1 aliphatic carbocycles. The Morgan fingerprint density at radius 3 is 2.82 bits per heavy atom. The van der Waals surface area contributed by atoms with Gasteiger partial charge in [0.15, 0.2) is 0 Å². The Balaban J connectivity index is 1.75. The second-order valence-electron chi connectivity index (χ2n) is 5.08. The molecule has 0 saturated heterocycles. The van der Waals surface area contributed by atoms with Gasteiger partial charge >= 0.3 is 0 Å². The number of hydrogen-bond donors (Lipinski definition) is 2. The zero-order valence-electron chi connectivity index (χ0n) is 9.97. The van der Waals surface area contributed by atoms with Gasteiger partial charge in [-0.1, -0.05) is 30.3 Å². The molecular formula is C14H19N3. The van der Waals surface area contributed by atoms with Crippen LogP contribution in [0, 0.1) is 5.92 Å². The SMILES string of the molecule is NCC1CCC2N=C(c3ccccc3)NC2C1. The smallest absolute Gasteiger partial charge is 0.128 e. The van der Waals surface area contributed by atoms with Crippen LogP contribution in [0.25, 0.3) is 0 Å². The van der Waals surface area contributed by atoms with Crippen LogP contribution >= 0.6 is 0 Å². The lowest BCUT2D eigenvalue weighted by molar-refractivity contribution is 0.294. The summed E-state index contributed by atoms with van der Waals surface area (Å²) >= 11 is 0. The van der Waals surface area contributed by atoms with Crippen LogP contribution in [0.15, 0.2) is 35.3 Å². The minimum absolute atomic E-state index is 0.466. The molecule has 0 aromatic heterocycles. The van der Waals surface area contributed by atoms with Crippen molar-refractivity contribution in [3.8, 4) is 0 Å². The summed E-state index contributed by atoms with van der Waals surface area (Å²) in [4.78, 5) is 4.81. The Labute approximate surface area is 102 Å². The van der Waals surface area contributed by atoms with E-state index in [4.69, 9.17) is 10.7 Å². The maximum absolute atomic E-state index is 5.77. The molecule has 1 aromatic carbocycles. The van der Waals surface area contributed by atoms with E-state index in [-0.39, 0.29) is 0 Å². The fraction of sp³-hybridized carbons (Fsp3) is 0.500. The number of fused-ring (bicyclic) bond motifs is 1. The van der Waals surface area contributed by atoms with E-state index in [0.717, 1.165) is 12.4 Å². The Hall–Kier alpha value is -1.35. The molecule has 3 nitrogen and oxygen atoms in total. The summed E-state index contributed by atoms with van der Waals surface area (Å²) in [5, 5.41) is 3.57. The lowest BCUT2D eigenvalue weighted by Crippen LogP contribution is -2.41. The fourth-order valence-corrected chi connectivity index (χ4v) is 2.90. The highest BCUT2D eigenvalue weighted by Gasteiger charge is 2.34. The van der Waals surface area contributed by atoms with Crippen LogP contribution in [0.3, 0.4) is 0 Å².